The average Bonchev–Trinajstić information content (AvgIpc) is 2.93. The molecule has 2 fully saturated rings. The molecule has 0 aromatic carbocycles. The van der Waals surface area contributed by atoms with E-state index in [2.05, 4.69) is 25.7 Å². The molecule has 16 heavy (non-hydrogen) atoms. The first-order valence-electron chi connectivity index (χ1n) is 6.98. The van der Waals surface area contributed by atoms with Crippen LogP contribution in [0, 0.1) is 5.92 Å². The van der Waals surface area contributed by atoms with Gasteiger partial charge in [-0.05, 0) is 38.5 Å². The minimum atomic E-state index is -0.378. The summed E-state index contributed by atoms with van der Waals surface area (Å²) in [7, 11) is 0. The third-order valence-corrected chi connectivity index (χ3v) is 4.16. The molecule has 1 N–H and O–H groups in total. The zero-order valence-corrected chi connectivity index (χ0v) is 11.1. The Labute approximate surface area is 100 Å². The Kier molecular flexibility index (Phi) is 3.60. The first kappa shape index (κ1) is 12.4. The van der Waals surface area contributed by atoms with E-state index in [1.807, 2.05) is 0 Å². The van der Waals surface area contributed by atoms with E-state index < -0.39 is 0 Å². The van der Waals surface area contributed by atoms with Crippen molar-refractivity contribution in [3.05, 3.63) is 0 Å². The fourth-order valence-corrected chi connectivity index (χ4v) is 3.14. The average molecular weight is 225 g/mol. The largest absolute Gasteiger partial charge is 0.388 e. The van der Waals surface area contributed by atoms with Crippen molar-refractivity contribution in [1.29, 1.82) is 0 Å². The number of aliphatic hydroxyl groups is 1. The number of nitrogens with zero attached hydrogens (tertiary/aromatic N) is 1. The van der Waals surface area contributed by atoms with Gasteiger partial charge in [-0.1, -0.05) is 26.7 Å². The van der Waals surface area contributed by atoms with Crippen LogP contribution < -0.4 is 0 Å². The highest BCUT2D eigenvalue weighted by molar-refractivity contribution is 5.00. The molecule has 0 aromatic rings. The Morgan fingerprint density at radius 2 is 2.06 bits per heavy atom. The maximum Gasteiger partial charge on any atom is 0.0789 e. The van der Waals surface area contributed by atoms with Crippen molar-refractivity contribution in [3.8, 4) is 0 Å². The van der Waals surface area contributed by atoms with E-state index in [0.29, 0.717) is 6.04 Å². The Hall–Kier alpha value is -0.0800. The summed E-state index contributed by atoms with van der Waals surface area (Å²) in [5.41, 5.74) is -0.378. The molecule has 2 rings (SSSR count). The number of likely N-dealkylation sites (tertiary alicyclic amines) is 1. The lowest BCUT2D eigenvalue weighted by Gasteiger charge is -2.24. The highest BCUT2D eigenvalue weighted by Crippen LogP contribution is 2.39. The Morgan fingerprint density at radius 3 is 2.62 bits per heavy atom. The van der Waals surface area contributed by atoms with Crippen molar-refractivity contribution in [2.75, 3.05) is 6.54 Å². The van der Waals surface area contributed by atoms with Gasteiger partial charge in [0.2, 0.25) is 0 Å². The van der Waals surface area contributed by atoms with Gasteiger partial charge in [-0.25, -0.2) is 0 Å². The standard InChI is InChI=1S/C14H27NO/c1-11(2)5-4-8-14(16)9-12(3)15(10-14)13-6-7-13/h11-13,16H,4-10H2,1-3H3. The number of rotatable bonds is 5. The summed E-state index contributed by atoms with van der Waals surface area (Å²) >= 11 is 0. The minimum Gasteiger partial charge on any atom is -0.388 e. The fraction of sp³-hybridized carbons (Fsp3) is 1.00. The molecule has 94 valence electrons. The maximum atomic E-state index is 10.6. The SMILES string of the molecule is CC(C)CCCC1(O)CC(C)N(C2CC2)C1. The Morgan fingerprint density at radius 1 is 1.38 bits per heavy atom. The summed E-state index contributed by atoms with van der Waals surface area (Å²) in [4.78, 5) is 2.54. The van der Waals surface area contributed by atoms with Gasteiger partial charge in [-0.15, -0.1) is 0 Å². The molecular weight excluding hydrogens is 198 g/mol. The normalized spacial score (nSPS) is 36.2. The first-order valence-corrected chi connectivity index (χ1v) is 6.98. The van der Waals surface area contributed by atoms with Crippen molar-refractivity contribution in [1.82, 2.24) is 4.90 Å². The highest BCUT2D eigenvalue weighted by Gasteiger charge is 2.45. The molecule has 1 saturated heterocycles. The van der Waals surface area contributed by atoms with E-state index in [4.69, 9.17) is 0 Å². The predicted octanol–water partition coefficient (Wildman–Crippen LogP) is 2.80. The van der Waals surface area contributed by atoms with Gasteiger partial charge in [0.1, 0.15) is 0 Å². The van der Waals surface area contributed by atoms with Crippen LogP contribution in [0.5, 0.6) is 0 Å². The zero-order chi connectivity index (χ0) is 11.8. The lowest BCUT2D eigenvalue weighted by molar-refractivity contribution is 0.0364. The van der Waals surface area contributed by atoms with Crippen molar-refractivity contribution in [3.63, 3.8) is 0 Å². The molecule has 2 atom stereocenters. The van der Waals surface area contributed by atoms with E-state index in [0.717, 1.165) is 31.3 Å². The summed E-state index contributed by atoms with van der Waals surface area (Å²) < 4.78 is 0. The molecule has 2 unspecified atom stereocenters. The molecule has 0 radical (unpaired) electrons. The van der Waals surface area contributed by atoms with Gasteiger partial charge in [-0.2, -0.15) is 0 Å². The maximum absolute atomic E-state index is 10.6. The van der Waals surface area contributed by atoms with Gasteiger partial charge >= 0.3 is 0 Å². The molecule has 1 aliphatic heterocycles. The lowest BCUT2D eigenvalue weighted by atomic mass is 9.92. The van der Waals surface area contributed by atoms with E-state index in [9.17, 15) is 5.11 Å². The van der Waals surface area contributed by atoms with E-state index >= 15 is 0 Å². The molecule has 2 heteroatoms. The third-order valence-electron chi connectivity index (χ3n) is 4.16. The lowest BCUT2D eigenvalue weighted by Crippen LogP contribution is -2.34. The molecule has 2 aliphatic rings. The van der Waals surface area contributed by atoms with E-state index in [-0.39, 0.29) is 5.60 Å². The summed E-state index contributed by atoms with van der Waals surface area (Å²) in [6.45, 7) is 7.73. The summed E-state index contributed by atoms with van der Waals surface area (Å²) in [5, 5.41) is 10.6. The van der Waals surface area contributed by atoms with Crippen LogP contribution in [-0.4, -0.2) is 34.2 Å². The summed E-state index contributed by atoms with van der Waals surface area (Å²) in [6, 6.07) is 1.39. The summed E-state index contributed by atoms with van der Waals surface area (Å²) in [6.07, 6.45) is 7.12. The van der Waals surface area contributed by atoms with E-state index in [1.165, 1.54) is 25.7 Å². The minimum absolute atomic E-state index is 0.378. The van der Waals surface area contributed by atoms with Crippen molar-refractivity contribution >= 4 is 0 Å². The molecule has 0 amide bonds. The molecule has 0 bridgehead atoms. The van der Waals surface area contributed by atoms with Crippen LogP contribution in [0.1, 0.15) is 59.3 Å². The van der Waals surface area contributed by atoms with Crippen molar-refractivity contribution in [2.45, 2.75) is 77.0 Å². The van der Waals surface area contributed by atoms with Crippen molar-refractivity contribution < 1.29 is 5.11 Å². The molecule has 0 spiro atoms. The van der Waals surface area contributed by atoms with Gasteiger partial charge in [-0.3, -0.25) is 4.90 Å². The fourth-order valence-electron chi connectivity index (χ4n) is 3.14. The molecule has 1 heterocycles. The Balaban J connectivity index is 1.79. The quantitative estimate of drug-likeness (QED) is 0.777. The van der Waals surface area contributed by atoms with Crippen LogP contribution in [0.15, 0.2) is 0 Å². The number of hydrogen-bond donors (Lipinski definition) is 1. The molecule has 2 nitrogen and oxygen atoms in total. The van der Waals surface area contributed by atoms with Gasteiger partial charge in [0.15, 0.2) is 0 Å². The van der Waals surface area contributed by atoms with Gasteiger partial charge in [0, 0.05) is 18.6 Å². The second-order valence-corrected chi connectivity index (χ2v) is 6.47. The van der Waals surface area contributed by atoms with Crippen molar-refractivity contribution in [2.24, 2.45) is 5.92 Å². The smallest absolute Gasteiger partial charge is 0.0789 e. The number of β-amino-alcohol motifs (C(OH)–C–C–N with tert-alkyl or cyclic N) is 1. The predicted molar refractivity (Wildman–Crippen MR) is 67.4 cm³/mol. The number of hydrogen-bond acceptors (Lipinski definition) is 2. The highest BCUT2D eigenvalue weighted by atomic mass is 16.3. The van der Waals surface area contributed by atoms with Gasteiger partial charge in [0.25, 0.3) is 0 Å². The van der Waals surface area contributed by atoms with Crippen LogP contribution in [0.2, 0.25) is 0 Å². The van der Waals surface area contributed by atoms with Crippen LogP contribution in [0.4, 0.5) is 0 Å². The van der Waals surface area contributed by atoms with Crippen LogP contribution in [-0.2, 0) is 0 Å². The van der Waals surface area contributed by atoms with Crippen LogP contribution in [0.3, 0.4) is 0 Å². The van der Waals surface area contributed by atoms with E-state index in [1.54, 1.807) is 0 Å². The molecule has 1 saturated carbocycles. The van der Waals surface area contributed by atoms with Crippen LogP contribution >= 0.6 is 0 Å². The van der Waals surface area contributed by atoms with Gasteiger partial charge < -0.3 is 5.11 Å². The summed E-state index contributed by atoms with van der Waals surface area (Å²) in [5.74, 6) is 0.766. The van der Waals surface area contributed by atoms with Crippen LogP contribution in [0.25, 0.3) is 0 Å². The molecule has 0 aromatic heterocycles. The first-order chi connectivity index (χ1) is 7.50. The van der Waals surface area contributed by atoms with Gasteiger partial charge in [0.05, 0.1) is 5.60 Å². The monoisotopic (exact) mass is 225 g/mol. The topological polar surface area (TPSA) is 23.5 Å². The zero-order valence-electron chi connectivity index (χ0n) is 11.1. The molecular formula is C14H27NO. The Bertz CT molecular complexity index is 237. The third kappa shape index (κ3) is 2.98. The second-order valence-electron chi connectivity index (χ2n) is 6.47. The second kappa shape index (κ2) is 4.66. The molecule has 1 aliphatic carbocycles.